The largest absolute Gasteiger partial charge is 0.476 e. The van der Waals surface area contributed by atoms with Crippen molar-refractivity contribution in [3.8, 4) is 0 Å². The highest BCUT2D eigenvalue weighted by Crippen LogP contribution is 2.22. The fourth-order valence-electron chi connectivity index (χ4n) is 2.29. The molecule has 2 aromatic rings. The first-order valence-corrected chi connectivity index (χ1v) is 6.41. The average molecular weight is 273 g/mol. The van der Waals surface area contributed by atoms with Gasteiger partial charge in [-0.3, -0.25) is 9.88 Å². The Hall–Kier alpha value is -2.28. The first-order chi connectivity index (χ1) is 9.63. The van der Waals surface area contributed by atoms with Crippen LogP contribution < -0.4 is 0 Å². The van der Waals surface area contributed by atoms with Crippen molar-refractivity contribution in [3.63, 3.8) is 0 Å². The highest BCUT2D eigenvalue weighted by atomic mass is 16.4. The van der Waals surface area contributed by atoms with E-state index < -0.39 is 5.97 Å². The lowest BCUT2D eigenvalue weighted by Crippen LogP contribution is -2.47. The molecule has 1 N–H and O–H groups in total. The van der Waals surface area contributed by atoms with Crippen molar-refractivity contribution in [1.82, 2.24) is 24.9 Å². The molecule has 3 rings (SSSR count). The van der Waals surface area contributed by atoms with Gasteiger partial charge in [0.2, 0.25) is 0 Å². The van der Waals surface area contributed by atoms with Crippen molar-refractivity contribution in [2.45, 2.75) is 19.5 Å². The van der Waals surface area contributed by atoms with Gasteiger partial charge in [-0.1, -0.05) is 11.3 Å². The van der Waals surface area contributed by atoms with E-state index in [-0.39, 0.29) is 11.7 Å². The molecule has 7 nitrogen and oxygen atoms in total. The fraction of sp³-hybridized carbons (Fsp3) is 0.385. The van der Waals surface area contributed by atoms with Crippen molar-refractivity contribution >= 4 is 5.97 Å². The maximum absolute atomic E-state index is 10.8. The molecule has 1 aliphatic rings. The lowest BCUT2D eigenvalue weighted by atomic mass is 10.1. The molecule has 0 bridgehead atoms. The van der Waals surface area contributed by atoms with Crippen LogP contribution in [0.4, 0.5) is 0 Å². The van der Waals surface area contributed by atoms with Gasteiger partial charge in [0.05, 0.1) is 17.9 Å². The number of hydrogen-bond acceptors (Lipinski definition) is 5. The zero-order valence-corrected chi connectivity index (χ0v) is 11.1. The normalized spacial score (nSPS) is 16.1. The predicted octanol–water partition coefficient (Wildman–Crippen LogP) is 0.737. The summed E-state index contributed by atoms with van der Waals surface area (Å²) in [6.07, 6.45) is 3.28. The Labute approximate surface area is 115 Å². The van der Waals surface area contributed by atoms with Crippen molar-refractivity contribution in [3.05, 3.63) is 41.5 Å². The number of nitrogens with zero attached hydrogens (tertiary/aromatic N) is 5. The van der Waals surface area contributed by atoms with Crippen LogP contribution in [-0.4, -0.2) is 49.0 Å². The smallest absolute Gasteiger partial charge is 0.358 e. The van der Waals surface area contributed by atoms with E-state index in [0.29, 0.717) is 0 Å². The molecule has 20 heavy (non-hydrogen) atoms. The number of aryl methyl sites for hydroxylation is 1. The van der Waals surface area contributed by atoms with Crippen LogP contribution in [0.5, 0.6) is 0 Å². The predicted molar refractivity (Wildman–Crippen MR) is 70.3 cm³/mol. The molecule has 104 valence electrons. The first kappa shape index (κ1) is 12.7. The summed E-state index contributed by atoms with van der Waals surface area (Å²) < 4.78 is 1.63. The standard InChI is InChI=1S/C13H15N5O2/c1-9-3-2-4-14-11(9)7-17-5-10(6-17)18-8-12(13(19)20)15-16-18/h2-4,8,10H,5-7H2,1H3,(H,19,20). The number of carbonyl (C=O) groups is 1. The molecule has 0 saturated carbocycles. The van der Waals surface area contributed by atoms with Crippen LogP contribution in [0.25, 0.3) is 0 Å². The Balaban J connectivity index is 1.58. The van der Waals surface area contributed by atoms with Gasteiger partial charge < -0.3 is 5.11 Å². The van der Waals surface area contributed by atoms with Gasteiger partial charge in [-0.2, -0.15) is 0 Å². The van der Waals surface area contributed by atoms with E-state index in [9.17, 15) is 4.79 Å². The first-order valence-electron chi connectivity index (χ1n) is 6.41. The quantitative estimate of drug-likeness (QED) is 0.884. The van der Waals surface area contributed by atoms with E-state index in [1.807, 2.05) is 6.07 Å². The van der Waals surface area contributed by atoms with E-state index >= 15 is 0 Å². The zero-order valence-electron chi connectivity index (χ0n) is 11.1. The minimum Gasteiger partial charge on any atom is -0.476 e. The van der Waals surface area contributed by atoms with Crippen LogP contribution in [0.2, 0.25) is 0 Å². The summed E-state index contributed by atoms with van der Waals surface area (Å²) >= 11 is 0. The highest BCUT2D eigenvalue weighted by Gasteiger charge is 2.30. The van der Waals surface area contributed by atoms with E-state index in [1.54, 1.807) is 10.9 Å². The Morgan fingerprint density at radius 2 is 2.30 bits per heavy atom. The minimum atomic E-state index is -1.04. The van der Waals surface area contributed by atoms with Crippen LogP contribution >= 0.6 is 0 Å². The second-order valence-corrected chi connectivity index (χ2v) is 5.00. The monoisotopic (exact) mass is 273 g/mol. The van der Waals surface area contributed by atoms with Crippen LogP contribution in [0.1, 0.15) is 27.8 Å². The van der Waals surface area contributed by atoms with Gasteiger partial charge in [-0.25, -0.2) is 9.48 Å². The third-order valence-corrected chi connectivity index (χ3v) is 3.53. The maximum atomic E-state index is 10.8. The number of rotatable bonds is 4. The Morgan fingerprint density at radius 3 is 2.95 bits per heavy atom. The van der Waals surface area contributed by atoms with Crippen LogP contribution in [0, 0.1) is 6.92 Å². The van der Waals surface area contributed by atoms with E-state index in [4.69, 9.17) is 5.11 Å². The molecule has 1 fully saturated rings. The zero-order chi connectivity index (χ0) is 14.1. The molecular formula is C13H15N5O2. The van der Waals surface area contributed by atoms with E-state index in [2.05, 4.69) is 33.2 Å². The second-order valence-electron chi connectivity index (χ2n) is 5.00. The number of carboxylic acids is 1. The molecule has 0 aliphatic carbocycles. The number of hydrogen-bond donors (Lipinski definition) is 1. The summed E-state index contributed by atoms with van der Waals surface area (Å²) in [7, 11) is 0. The van der Waals surface area contributed by atoms with Gasteiger partial charge in [-0.05, 0) is 18.6 Å². The Morgan fingerprint density at radius 1 is 1.50 bits per heavy atom. The van der Waals surface area contributed by atoms with E-state index in [1.165, 1.54) is 11.8 Å². The van der Waals surface area contributed by atoms with Gasteiger partial charge in [0.15, 0.2) is 5.69 Å². The highest BCUT2D eigenvalue weighted by molar-refractivity contribution is 5.84. The SMILES string of the molecule is Cc1cccnc1CN1CC(n2cc(C(=O)O)nn2)C1. The summed E-state index contributed by atoms with van der Waals surface area (Å²) in [5.41, 5.74) is 2.25. The number of pyridine rings is 1. The second kappa shape index (κ2) is 5.01. The van der Waals surface area contributed by atoms with E-state index in [0.717, 1.165) is 25.3 Å². The van der Waals surface area contributed by atoms with Crippen molar-refractivity contribution in [2.24, 2.45) is 0 Å². The number of aromatic carboxylic acids is 1. The molecule has 0 unspecified atom stereocenters. The van der Waals surface area contributed by atoms with Crippen LogP contribution in [-0.2, 0) is 6.54 Å². The molecule has 0 aromatic carbocycles. The van der Waals surface area contributed by atoms with Crippen molar-refractivity contribution in [1.29, 1.82) is 0 Å². The molecule has 1 aliphatic heterocycles. The maximum Gasteiger partial charge on any atom is 0.358 e. The topological polar surface area (TPSA) is 84.1 Å². The molecule has 0 amide bonds. The fourth-order valence-corrected chi connectivity index (χ4v) is 2.29. The molecule has 7 heteroatoms. The van der Waals surface area contributed by atoms with Gasteiger partial charge in [0, 0.05) is 25.8 Å². The van der Waals surface area contributed by atoms with Crippen LogP contribution in [0.15, 0.2) is 24.5 Å². The van der Waals surface area contributed by atoms with Crippen molar-refractivity contribution in [2.75, 3.05) is 13.1 Å². The van der Waals surface area contributed by atoms with Gasteiger partial charge in [-0.15, -0.1) is 5.10 Å². The minimum absolute atomic E-state index is 0.0102. The summed E-state index contributed by atoms with van der Waals surface area (Å²) in [5.74, 6) is -1.04. The van der Waals surface area contributed by atoms with Gasteiger partial charge in [0.25, 0.3) is 0 Å². The number of carboxylic acid groups (broad SMARTS) is 1. The van der Waals surface area contributed by atoms with Crippen LogP contribution in [0.3, 0.4) is 0 Å². The number of likely N-dealkylation sites (tertiary alicyclic amines) is 1. The summed E-state index contributed by atoms with van der Waals surface area (Å²) in [6, 6.07) is 4.18. The molecule has 0 spiro atoms. The number of aromatic nitrogens is 4. The summed E-state index contributed by atoms with van der Waals surface area (Å²) in [4.78, 5) is 17.4. The van der Waals surface area contributed by atoms with Gasteiger partial charge in [0.1, 0.15) is 0 Å². The Bertz CT molecular complexity index is 633. The third kappa shape index (κ3) is 2.39. The summed E-state index contributed by atoms with van der Waals surface area (Å²) in [5, 5.41) is 16.3. The lowest BCUT2D eigenvalue weighted by Gasteiger charge is -2.38. The molecule has 0 radical (unpaired) electrons. The summed E-state index contributed by atoms with van der Waals surface area (Å²) in [6.45, 7) is 4.52. The average Bonchev–Trinajstić information content (AvgIpc) is 2.84. The molecule has 1 saturated heterocycles. The Kier molecular flexibility index (Phi) is 3.19. The third-order valence-electron chi connectivity index (χ3n) is 3.53. The molecule has 2 aromatic heterocycles. The molecule has 0 atom stereocenters. The molecule has 3 heterocycles. The van der Waals surface area contributed by atoms with Gasteiger partial charge >= 0.3 is 5.97 Å². The van der Waals surface area contributed by atoms with Crippen molar-refractivity contribution < 1.29 is 9.90 Å². The molecular weight excluding hydrogens is 258 g/mol. The lowest BCUT2D eigenvalue weighted by molar-refractivity contribution is 0.0690.